The highest BCUT2D eigenvalue weighted by molar-refractivity contribution is 6.07. The van der Waals surface area contributed by atoms with Gasteiger partial charge in [-0.3, -0.25) is 4.79 Å². The summed E-state index contributed by atoms with van der Waals surface area (Å²) >= 11 is 0. The number of para-hydroxylation sites is 1. The second kappa shape index (κ2) is 8.61. The summed E-state index contributed by atoms with van der Waals surface area (Å²) in [6, 6.07) is 8.24. The van der Waals surface area contributed by atoms with Crippen molar-refractivity contribution in [3.05, 3.63) is 47.9 Å². The Bertz CT molecular complexity index is 718. The number of nitrogens with one attached hydrogen (secondary N) is 2. The van der Waals surface area contributed by atoms with Crippen LogP contribution in [0.15, 0.2) is 36.7 Å². The van der Waals surface area contributed by atoms with Crippen molar-refractivity contribution in [3.63, 3.8) is 0 Å². The first-order valence-corrected chi connectivity index (χ1v) is 7.79. The number of hydrogen-bond donors (Lipinski definition) is 2. The maximum absolute atomic E-state index is 12.4. The number of amides is 1. The fraction of sp³-hybridized carbons (Fsp3) is 0.294. The molecule has 0 atom stereocenters. The Morgan fingerprint density at radius 2 is 1.96 bits per heavy atom. The number of carbonyl (C=O) groups is 2. The van der Waals surface area contributed by atoms with Gasteiger partial charge in [-0.1, -0.05) is 19.1 Å². The van der Waals surface area contributed by atoms with Gasteiger partial charge in [0.05, 0.1) is 17.9 Å². The third-order valence-corrected chi connectivity index (χ3v) is 3.13. The molecule has 1 heterocycles. The molecule has 0 bridgehead atoms. The van der Waals surface area contributed by atoms with Gasteiger partial charge in [-0.05, 0) is 25.5 Å². The first-order chi connectivity index (χ1) is 11.7. The smallest absolute Gasteiger partial charge is 0.340 e. The van der Waals surface area contributed by atoms with Crippen LogP contribution in [-0.4, -0.2) is 35.0 Å². The summed E-state index contributed by atoms with van der Waals surface area (Å²) in [5, 5.41) is 5.79. The second-order valence-corrected chi connectivity index (χ2v) is 4.94. The summed E-state index contributed by atoms with van der Waals surface area (Å²) in [6.07, 6.45) is 2.27. The molecule has 0 aliphatic rings. The van der Waals surface area contributed by atoms with E-state index >= 15 is 0 Å². The molecule has 0 aliphatic carbocycles. The van der Waals surface area contributed by atoms with Crippen molar-refractivity contribution >= 4 is 23.4 Å². The number of ether oxygens (including phenoxy) is 1. The SMILES string of the molecule is CCCNc1cc(C(=O)Nc2ccccc2C(=O)OCC)ncn1. The number of carbonyl (C=O) groups excluding carboxylic acids is 2. The highest BCUT2D eigenvalue weighted by Gasteiger charge is 2.15. The second-order valence-electron chi connectivity index (χ2n) is 4.94. The van der Waals surface area contributed by atoms with E-state index in [1.165, 1.54) is 6.33 Å². The van der Waals surface area contributed by atoms with E-state index in [1.807, 2.05) is 6.92 Å². The van der Waals surface area contributed by atoms with Gasteiger partial charge in [0.15, 0.2) is 0 Å². The number of aromatic nitrogens is 2. The standard InChI is InChI=1S/C17H20N4O3/c1-3-9-18-15-10-14(19-11-20-15)16(22)21-13-8-6-5-7-12(13)17(23)24-4-2/h5-8,10-11H,3-4,9H2,1-2H3,(H,21,22)(H,18,19,20). The molecule has 0 radical (unpaired) electrons. The van der Waals surface area contributed by atoms with E-state index in [0.29, 0.717) is 17.1 Å². The van der Waals surface area contributed by atoms with Crippen LogP contribution >= 0.6 is 0 Å². The highest BCUT2D eigenvalue weighted by Crippen LogP contribution is 2.17. The van der Waals surface area contributed by atoms with Gasteiger partial charge in [-0.25, -0.2) is 14.8 Å². The van der Waals surface area contributed by atoms with Crippen LogP contribution in [-0.2, 0) is 4.74 Å². The van der Waals surface area contributed by atoms with Crippen molar-refractivity contribution in [2.24, 2.45) is 0 Å². The molecule has 1 aromatic carbocycles. The maximum Gasteiger partial charge on any atom is 0.340 e. The zero-order valence-electron chi connectivity index (χ0n) is 13.7. The predicted molar refractivity (Wildman–Crippen MR) is 91.2 cm³/mol. The van der Waals surface area contributed by atoms with Gasteiger partial charge < -0.3 is 15.4 Å². The molecule has 0 saturated heterocycles. The Balaban J connectivity index is 2.17. The first-order valence-electron chi connectivity index (χ1n) is 7.79. The minimum atomic E-state index is -0.485. The minimum absolute atomic E-state index is 0.210. The molecule has 7 heteroatoms. The Morgan fingerprint density at radius 1 is 1.17 bits per heavy atom. The maximum atomic E-state index is 12.4. The van der Waals surface area contributed by atoms with E-state index in [-0.39, 0.29) is 12.3 Å². The average molecular weight is 328 g/mol. The number of hydrogen-bond acceptors (Lipinski definition) is 6. The van der Waals surface area contributed by atoms with Crippen molar-refractivity contribution in [2.45, 2.75) is 20.3 Å². The molecule has 126 valence electrons. The Hall–Kier alpha value is -2.96. The highest BCUT2D eigenvalue weighted by atomic mass is 16.5. The first kappa shape index (κ1) is 17.4. The molecule has 1 amide bonds. The molecular formula is C17H20N4O3. The minimum Gasteiger partial charge on any atom is -0.462 e. The summed E-state index contributed by atoms with van der Waals surface area (Å²) in [4.78, 5) is 32.4. The quantitative estimate of drug-likeness (QED) is 0.759. The van der Waals surface area contributed by atoms with E-state index in [2.05, 4.69) is 20.6 Å². The zero-order valence-corrected chi connectivity index (χ0v) is 13.7. The van der Waals surface area contributed by atoms with Gasteiger partial charge in [0, 0.05) is 12.6 Å². The molecule has 0 spiro atoms. The predicted octanol–water partition coefficient (Wildman–Crippen LogP) is 2.73. The monoisotopic (exact) mass is 328 g/mol. The summed E-state index contributed by atoms with van der Waals surface area (Å²) in [5.41, 5.74) is 0.885. The molecule has 2 rings (SSSR count). The van der Waals surface area contributed by atoms with Gasteiger partial charge >= 0.3 is 5.97 Å². The van der Waals surface area contributed by atoms with E-state index in [0.717, 1.165) is 13.0 Å². The lowest BCUT2D eigenvalue weighted by Gasteiger charge is -2.10. The van der Waals surface area contributed by atoms with Crippen LogP contribution in [0.5, 0.6) is 0 Å². The third kappa shape index (κ3) is 4.52. The number of anilines is 2. The van der Waals surface area contributed by atoms with Gasteiger partial charge in [0.1, 0.15) is 17.8 Å². The van der Waals surface area contributed by atoms with Gasteiger partial charge in [0.2, 0.25) is 0 Å². The Kier molecular flexibility index (Phi) is 6.24. The van der Waals surface area contributed by atoms with E-state index in [1.54, 1.807) is 37.3 Å². The third-order valence-electron chi connectivity index (χ3n) is 3.13. The lowest BCUT2D eigenvalue weighted by atomic mass is 10.1. The van der Waals surface area contributed by atoms with E-state index < -0.39 is 11.9 Å². The Labute approximate surface area is 140 Å². The molecule has 2 aromatic rings. The van der Waals surface area contributed by atoms with Gasteiger partial charge in [-0.2, -0.15) is 0 Å². The fourth-order valence-corrected chi connectivity index (χ4v) is 2.00. The van der Waals surface area contributed by atoms with Crippen LogP contribution in [0.3, 0.4) is 0 Å². The summed E-state index contributed by atoms with van der Waals surface area (Å²) in [6.45, 7) is 4.78. The lowest BCUT2D eigenvalue weighted by Crippen LogP contribution is -2.17. The van der Waals surface area contributed by atoms with E-state index in [4.69, 9.17) is 4.74 Å². The largest absolute Gasteiger partial charge is 0.462 e. The number of rotatable bonds is 7. The zero-order chi connectivity index (χ0) is 17.4. The molecule has 2 N–H and O–H groups in total. The molecule has 0 aliphatic heterocycles. The normalized spacial score (nSPS) is 10.1. The van der Waals surface area contributed by atoms with Gasteiger partial charge in [-0.15, -0.1) is 0 Å². The average Bonchev–Trinajstić information content (AvgIpc) is 2.61. The van der Waals surface area contributed by atoms with Crippen molar-refractivity contribution in [3.8, 4) is 0 Å². The fourth-order valence-electron chi connectivity index (χ4n) is 2.00. The van der Waals surface area contributed by atoms with Crippen LogP contribution in [0.1, 0.15) is 41.1 Å². The molecule has 1 aromatic heterocycles. The molecule has 0 unspecified atom stereocenters. The summed E-state index contributed by atoms with van der Waals surface area (Å²) < 4.78 is 4.99. The van der Waals surface area contributed by atoms with Crippen molar-refractivity contribution in [1.29, 1.82) is 0 Å². The van der Waals surface area contributed by atoms with E-state index in [9.17, 15) is 9.59 Å². The van der Waals surface area contributed by atoms with Crippen molar-refractivity contribution in [1.82, 2.24) is 9.97 Å². The van der Waals surface area contributed by atoms with Crippen molar-refractivity contribution < 1.29 is 14.3 Å². The van der Waals surface area contributed by atoms with Crippen LogP contribution in [0.4, 0.5) is 11.5 Å². The van der Waals surface area contributed by atoms with Crippen molar-refractivity contribution in [2.75, 3.05) is 23.8 Å². The van der Waals surface area contributed by atoms with Crippen LogP contribution in [0.25, 0.3) is 0 Å². The number of benzene rings is 1. The molecule has 7 nitrogen and oxygen atoms in total. The number of nitrogens with zero attached hydrogens (tertiary/aromatic N) is 2. The molecular weight excluding hydrogens is 308 g/mol. The van der Waals surface area contributed by atoms with Crippen LogP contribution in [0.2, 0.25) is 0 Å². The molecule has 0 fully saturated rings. The van der Waals surface area contributed by atoms with Gasteiger partial charge in [0.25, 0.3) is 5.91 Å². The topological polar surface area (TPSA) is 93.2 Å². The number of esters is 1. The summed E-state index contributed by atoms with van der Waals surface area (Å²) in [7, 11) is 0. The van der Waals surface area contributed by atoms with Crippen LogP contribution < -0.4 is 10.6 Å². The lowest BCUT2D eigenvalue weighted by molar-refractivity contribution is 0.0527. The molecule has 24 heavy (non-hydrogen) atoms. The molecule has 0 saturated carbocycles. The Morgan fingerprint density at radius 3 is 2.71 bits per heavy atom. The summed E-state index contributed by atoms with van der Waals surface area (Å²) in [5.74, 6) is -0.328. The van der Waals surface area contributed by atoms with Crippen LogP contribution in [0, 0.1) is 0 Å².